The molecular weight excluding hydrogens is 388 g/mol. The van der Waals surface area contributed by atoms with E-state index in [2.05, 4.69) is 11.8 Å². The molecule has 0 spiro atoms. The van der Waals surface area contributed by atoms with Crippen LogP contribution in [-0.2, 0) is 16.0 Å². The van der Waals surface area contributed by atoms with Gasteiger partial charge < -0.3 is 19.6 Å². The maximum Gasteiger partial charge on any atom is 0.226 e. The van der Waals surface area contributed by atoms with Gasteiger partial charge in [-0.3, -0.25) is 4.79 Å². The van der Waals surface area contributed by atoms with Crippen LogP contribution < -0.4 is 0 Å². The molecule has 2 rings (SSSR count). The van der Waals surface area contributed by atoms with Crippen LogP contribution in [0.1, 0.15) is 44.6 Å². The van der Waals surface area contributed by atoms with Crippen LogP contribution in [0.3, 0.4) is 0 Å². The molecular formula is C23H37ClN2O3. The number of likely N-dealkylation sites (tertiary alicyclic amines) is 1. The number of amides is 1. The number of ether oxygens (including phenoxy) is 1. The highest BCUT2D eigenvalue weighted by molar-refractivity contribution is 6.30. The quantitative estimate of drug-likeness (QED) is 0.491. The van der Waals surface area contributed by atoms with E-state index in [1.807, 2.05) is 29.2 Å². The Morgan fingerprint density at radius 3 is 2.55 bits per heavy atom. The van der Waals surface area contributed by atoms with Gasteiger partial charge in [0.15, 0.2) is 0 Å². The van der Waals surface area contributed by atoms with Gasteiger partial charge in [-0.15, -0.1) is 0 Å². The lowest BCUT2D eigenvalue weighted by Gasteiger charge is -2.32. The van der Waals surface area contributed by atoms with Crippen LogP contribution in [0, 0.1) is 5.92 Å². The van der Waals surface area contributed by atoms with Gasteiger partial charge in [0.2, 0.25) is 5.91 Å². The predicted octanol–water partition coefficient (Wildman–Crippen LogP) is 3.62. The van der Waals surface area contributed by atoms with E-state index in [0.29, 0.717) is 17.4 Å². The predicted molar refractivity (Wildman–Crippen MR) is 118 cm³/mol. The highest BCUT2D eigenvalue weighted by Gasteiger charge is 2.22. The maximum atomic E-state index is 12.5. The molecule has 0 aliphatic carbocycles. The monoisotopic (exact) mass is 424 g/mol. The van der Waals surface area contributed by atoms with Gasteiger partial charge >= 0.3 is 0 Å². The van der Waals surface area contributed by atoms with Gasteiger partial charge in [-0.2, -0.15) is 0 Å². The number of aliphatic hydroxyl groups excluding tert-OH is 1. The highest BCUT2D eigenvalue weighted by Crippen LogP contribution is 2.21. The standard InChI is InChI=1S/C23H37ClN2O3/c1-2-25(15-16-27)12-3-4-17-29-18-11-20-9-13-26(14-10-20)23(28)19-21-5-7-22(24)8-6-21/h5-8,20,27H,2-4,9-19H2,1H3. The molecule has 1 saturated heterocycles. The van der Waals surface area contributed by atoms with Gasteiger partial charge in [-0.25, -0.2) is 0 Å². The Hall–Kier alpha value is -1.14. The first-order valence-corrected chi connectivity index (χ1v) is 11.4. The van der Waals surface area contributed by atoms with Crippen molar-refractivity contribution in [2.75, 3.05) is 52.5 Å². The lowest BCUT2D eigenvalue weighted by Crippen LogP contribution is -2.39. The number of hydrogen-bond donors (Lipinski definition) is 1. The van der Waals surface area contributed by atoms with Crippen LogP contribution in [0.15, 0.2) is 24.3 Å². The smallest absolute Gasteiger partial charge is 0.226 e. The number of benzene rings is 1. The van der Waals surface area contributed by atoms with Gasteiger partial charge in [0.1, 0.15) is 0 Å². The lowest BCUT2D eigenvalue weighted by molar-refractivity contribution is -0.131. The zero-order chi connectivity index (χ0) is 20.9. The van der Waals surface area contributed by atoms with Crippen molar-refractivity contribution in [1.29, 1.82) is 0 Å². The van der Waals surface area contributed by atoms with Gasteiger partial charge in [0.05, 0.1) is 13.0 Å². The Kier molecular flexibility index (Phi) is 11.6. The van der Waals surface area contributed by atoms with Crippen molar-refractivity contribution in [2.45, 2.75) is 45.4 Å². The second kappa shape index (κ2) is 14.0. The molecule has 0 unspecified atom stereocenters. The molecule has 1 amide bonds. The fourth-order valence-electron chi connectivity index (χ4n) is 3.82. The van der Waals surface area contributed by atoms with E-state index in [1.165, 1.54) is 0 Å². The van der Waals surface area contributed by atoms with E-state index in [4.69, 9.17) is 21.4 Å². The van der Waals surface area contributed by atoms with Crippen LogP contribution in [-0.4, -0.2) is 73.4 Å². The van der Waals surface area contributed by atoms with Gasteiger partial charge in [-0.1, -0.05) is 30.7 Å². The topological polar surface area (TPSA) is 53.0 Å². The van der Waals surface area contributed by atoms with E-state index in [1.54, 1.807) is 0 Å². The number of hydrogen-bond acceptors (Lipinski definition) is 4. The molecule has 0 atom stereocenters. The first-order chi connectivity index (χ1) is 14.1. The minimum absolute atomic E-state index is 0.212. The van der Waals surface area contributed by atoms with Crippen molar-refractivity contribution in [2.24, 2.45) is 5.92 Å². The van der Waals surface area contributed by atoms with Crippen molar-refractivity contribution in [3.05, 3.63) is 34.9 Å². The number of carbonyl (C=O) groups excluding carboxylic acids is 1. The van der Waals surface area contributed by atoms with Gasteiger partial charge in [-0.05, 0) is 68.8 Å². The Morgan fingerprint density at radius 2 is 1.90 bits per heavy atom. The van der Waals surface area contributed by atoms with E-state index in [0.717, 1.165) is 83.6 Å². The third-order valence-corrected chi connectivity index (χ3v) is 6.03. The molecule has 5 nitrogen and oxygen atoms in total. The minimum atomic E-state index is 0.212. The van der Waals surface area contributed by atoms with Crippen molar-refractivity contribution >= 4 is 17.5 Å². The molecule has 164 valence electrons. The van der Waals surface area contributed by atoms with Crippen LogP contribution in [0.2, 0.25) is 5.02 Å². The van der Waals surface area contributed by atoms with E-state index >= 15 is 0 Å². The third kappa shape index (κ3) is 9.47. The fraction of sp³-hybridized carbons (Fsp3) is 0.696. The number of halogens is 1. The Bertz CT molecular complexity index is 574. The largest absolute Gasteiger partial charge is 0.395 e. The van der Waals surface area contributed by atoms with Crippen LogP contribution in [0.4, 0.5) is 0 Å². The number of piperidine rings is 1. The summed E-state index contributed by atoms with van der Waals surface area (Å²) in [5, 5.41) is 9.70. The van der Waals surface area contributed by atoms with Crippen molar-refractivity contribution in [3.8, 4) is 0 Å². The van der Waals surface area contributed by atoms with Crippen molar-refractivity contribution in [3.63, 3.8) is 0 Å². The second-order valence-electron chi connectivity index (χ2n) is 7.89. The molecule has 0 aromatic heterocycles. The average molecular weight is 425 g/mol. The van der Waals surface area contributed by atoms with Crippen LogP contribution in [0.25, 0.3) is 0 Å². The number of likely N-dealkylation sites (N-methyl/N-ethyl adjacent to an activating group) is 1. The molecule has 1 fully saturated rings. The fourth-order valence-corrected chi connectivity index (χ4v) is 3.95. The van der Waals surface area contributed by atoms with Crippen molar-refractivity contribution in [1.82, 2.24) is 9.80 Å². The number of rotatable bonds is 13. The molecule has 6 heteroatoms. The van der Waals surface area contributed by atoms with Crippen LogP contribution in [0.5, 0.6) is 0 Å². The number of unbranched alkanes of at least 4 members (excludes halogenated alkanes) is 1. The molecule has 1 N–H and O–H groups in total. The van der Waals surface area contributed by atoms with Gasteiger partial charge in [0, 0.05) is 37.9 Å². The summed E-state index contributed by atoms with van der Waals surface area (Å²) >= 11 is 5.90. The average Bonchev–Trinajstić information content (AvgIpc) is 2.74. The minimum Gasteiger partial charge on any atom is -0.395 e. The van der Waals surface area contributed by atoms with Crippen LogP contribution >= 0.6 is 11.6 Å². The molecule has 1 aromatic rings. The number of carbonyl (C=O) groups is 1. The third-order valence-electron chi connectivity index (χ3n) is 5.78. The Morgan fingerprint density at radius 1 is 1.17 bits per heavy atom. The lowest BCUT2D eigenvalue weighted by atomic mass is 9.93. The summed E-state index contributed by atoms with van der Waals surface area (Å²) in [6.45, 7) is 8.48. The summed E-state index contributed by atoms with van der Waals surface area (Å²) in [6, 6.07) is 7.53. The highest BCUT2D eigenvalue weighted by atomic mass is 35.5. The SMILES string of the molecule is CCN(CCO)CCCCOCCC1CCN(C(=O)Cc2ccc(Cl)cc2)CC1. The van der Waals surface area contributed by atoms with E-state index < -0.39 is 0 Å². The molecule has 0 bridgehead atoms. The second-order valence-corrected chi connectivity index (χ2v) is 8.33. The summed E-state index contributed by atoms with van der Waals surface area (Å²) in [4.78, 5) is 16.7. The summed E-state index contributed by atoms with van der Waals surface area (Å²) in [5.74, 6) is 0.874. The zero-order valence-electron chi connectivity index (χ0n) is 17.8. The van der Waals surface area contributed by atoms with E-state index in [-0.39, 0.29) is 12.5 Å². The summed E-state index contributed by atoms with van der Waals surface area (Å²) in [6.07, 6.45) is 5.87. The Balaban J connectivity index is 1.51. The molecule has 1 aromatic carbocycles. The molecule has 0 saturated carbocycles. The van der Waals surface area contributed by atoms with Gasteiger partial charge in [0.25, 0.3) is 0 Å². The summed E-state index contributed by atoms with van der Waals surface area (Å²) in [5.41, 5.74) is 1.02. The molecule has 1 heterocycles. The zero-order valence-corrected chi connectivity index (χ0v) is 18.6. The summed E-state index contributed by atoms with van der Waals surface area (Å²) < 4.78 is 5.82. The Labute approximate surface area is 181 Å². The first-order valence-electron chi connectivity index (χ1n) is 11.1. The number of nitrogens with zero attached hydrogens (tertiary/aromatic N) is 2. The normalized spacial score (nSPS) is 15.2. The molecule has 1 aliphatic rings. The molecule has 1 aliphatic heterocycles. The molecule has 29 heavy (non-hydrogen) atoms. The molecule has 0 radical (unpaired) electrons. The van der Waals surface area contributed by atoms with Crippen molar-refractivity contribution < 1.29 is 14.6 Å². The maximum absolute atomic E-state index is 12.5. The van der Waals surface area contributed by atoms with E-state index in [9.17, 15) is 4.79 Å². The first kappa shape index (κ1) is 24.1. The number of aliphatic hydroxyl groups is 1. The summed E-state index contributed by atoms with van der Waals surface area (Å²) in [7, 11) is 0.